The molecule has 0 aliphatic heterocycles. The summed E-state index contributed by atoms with van der Waals surface area (Å²) in [6, 6.07) is 0. The monoisotopic (exact) mass is 296 g/mol. The molecule has 0 radical (unpaired) electrons. The van der Waals surface area contributed by atoms with Gasteiger partial charge in [0.05, 0.1) is 23.0 Å². The fraction of sp³-hybridized carbons (Fsp3) is 0.700. The molecule has 0 amide bonds. The Morgan fingerprint density at radius 1 is 1.56 bits per heavy atom. The number of hydrogen-bond donors (Lipinski definition) is 0. The second kappa shape index (κ2) is 6.96. The average Bonchev–Trinajstić information content (AvgIpc) is 2.55. The quantitative estimate of drug-likeness (QED) is 0.723. The normalized spacial score (nSPS) is 11.3. The number of alkyl halides is 2. The van der Waals surface area contributed by atoms with Crippen LogP contribution in [0.2, 0.25) is 0 Å². The molecule has 0 atom stereocenters. The third-order valence-electron chi connectivity index (χ3n) is 2.09. The molecule has 3 nitrogen and oxygen atoms in total. The highest BCUT2D eigenvalue weighted by Crippen LogP contribution is 2.18. The zero-order valence-electron chi connectivity index (χ0n) is 9.13. The lowest BCUT2D eigenvalue weighted by atomic mass is 10.3. The summed E-state index contributed by atoms with van der Waals surface area (Å²) in [6.07, 6.45) is 1.14. The molecule has 0 spiro atoms. The van der Waals surface area contributed by atoms with E-state index in [-0.39, 0.29) is 0 Å². The molecule has 1 heterocycles. The van der Waals surface area contributed by atoms with E-state index in [1.165, 1.54) is 10.9 Å². The molecule has 1 aromatic rings. The van der Waals surface area contributed by atoms with Crippen LogP contribution in [0.3, 0.4) is 0 Å². The number of nitrogens with zero attached hydrogens (tertiary/aromatic N) is 2. The van der Waals surface area contributed by atoms with Crippen molar-refractivity contribution < 1.29 is 13.5 Å². The molecular weight excluding hydrogens is 282 g/mol. The van der Waals surface area contributed by atoms with Gasteiger partial charge in [0.2, 0.25) is 0 Å². The lowest BCUT2D eigenvalue weighted by Gasteiger charge is -2.08. The highest BCUT2D eigenvalue weighted by Gasteiger charge is 2.12. The van der Waals surface area contributed by atoms with E-state index < -0.39 is 13.0 Å². The van der Waals surface area contributed by atoms with E-state index in [1.807, 2.05) is 0 Å². The van der Waals surface area contributed by atoms with Crippen molar-refractivity contribution in [1.82, 2.24) is 9.78 Å². The minimum absolute atomic E-state index is 0.313. The summed E-state index contributed by atoms with van der Waals surface area (Å²) in [6.45, 7) is 2.63. The lowest BCUT2D eigenvalue weighted by molar-refractivity contribution is 0.0973. The second-order valence-electron chi connectivity index (χ2n) is 3.42. The number of aromatic nitrogens is 2. The van der Waals surface area contributed by atoms with Crippen LogP contribution in [0.4, 0.5) is 8.78 Å². The van der Waals surface area contributed by atoms with Gasteiger partial charge in [-0.1, -0.05) is 13.3 Å². The summed E-state index contributed by atoms with van der Waals surface area (Å²) in [4.78, 5) is 0. The third-order valence-corrected chi connectivity index (χ3v) is 2.75. The molecule has 6 heteroatoms. The molecule has 0 N–H and O–H groups in total. The minimum atomic E-state index is -2.40. The first kappa shape index (κ1) is 13.6. The Kier molecular flexibility index (Phi) is 5.90. The summed E-state index contributed by atoms with van der Waals surface area (Å²) >= 11 is 3.27. The summed E-state index contributed by atoms with van der Waals surface area (Å²) in [5.74, 6) is 0. The first-order valence-electron chi connectivity index (χ1n) is 5.21. The number of hydrogen-bond acceptors (Lipinski definition) is 2. The molecule has 16 heavy (non-hydrogen) atoms. The van der Waals surface area contributed by atoms with Crippen molar-refractivity contribution in [2.75, 3.05) is 6.61 Å². The van der Waals surface area contributed by atoms with Gasteiger partial charge in [0, 0.05) is 6.61 Å². The molecule has 0 unspecified atom stereocenters. The standard InChI is InChI=1S/C10H15BrF2N2O/c1-2-3-4-16-7-9-8(11)5-14-15(9)6-10(12)13/h5,10H,2-4,6-7H2,1H3. The fourth-order valence-corrected chi connectivity index (χ4v) is 1.65. The van der Waals surface area contributed by atoms with Crippen molar-refractivity contribution in [2.24, 2.45) is 0 Å². The van der Waals surface area contributed by atoms with Crippen LogP contribution in [0, 0.1) is 0 Å². The van der Waals surface area contributed by atoms with Crippen molar-refractivity contribution in [3.8, 4) is 0 Å². The van der Waals surface area contributed by atoms with Gasteiger partial charge in [-0.05, 0) is 22.4 Å². The second-order valence-corrected chi connectivity index (χ2v) is 4.27. The Balaban J connectivity index is 2.52. The summed E-state index contributed by atoms with van der Waals surface area (Å²) in [5.41, 5.74) is 0.663. The predicted molar refractivity (Wildman–Crippen MR) is 60.5 cm³/mol. The van der Waals surface area contributed by atoms with Crippen LogP contribution in [-0.2, 0) is 17.9 Å². The van der Waals surface area contributed by atoms with Crippen molar-refractivity contribution in [3.05, 3.63) is 16.4 Å². The molecule has 1 rings (SSSR count). The Labute approximate surface area is 102 Å². The van der Waals surface area contributed by atoms with Crippen LogP contribution in [0.1, 0.15) is 25.5 Å². The van der Waals surface area contributed by atoms with Crippen LogP contribution >= 0.6 is 15.9 Å². The zero-order chi connectivity index (χ0) is 12.0. The van der Waals surface area contributed by atoms with Gasteiger partial charge in [0.25, 0.3) is 6.43 Å². The Morgan fingerprint density at radius 3 is 2.94 bits per heavy atom. The molecule has 0 saturated carbocycles. The molecule has 0 aliphatic rings. The maximum atomic E-state index is 12.2. The number of ether oxygens (including phenoxy) is 1. The smallest absolute Gasteiger partial charge is 0.257 e. The molecule has 0 aliphatic carbocycles. The fourth-order valence-electron chi connectivity index (χ4n) is 1.23. The average molecular weight is 297 g/mol. The van der Waals surface area contributed by atoms with E-state index in [9.17, 15) is 8.78 Å². The maximum absolute atomic E-state index is 12.2. The highest BCUT2D eigenvalue weighted by molar-refractivity contribution is 9.10. The first-order valence-corrected chi connectivity index (χ1v) is 6.00. The van der Waals surface area contributed by atoms with Gasteiger partial charge in [-0.3, -0.25) is 4.68 Å². The number of unbranched alkanes of at least 4 members (excludes halogenated alkanes) is 1. The van der Waals surface area contributed by atoms with Gasteiger partial charge in [-0.25, -0.2) is 8.78 Å². The summed E-state index contributed by atoms with van der Waals surface area (Å²) in [7, 11) is 0. The Bertz CT molecular complexity index is 318. The third kappa shape index (κ3) is 4.17. The molecule has 1 aromatic heterocycles. The number of rotatable bonds is 7. The van der Waals surface area contributed by atoms with E-state index in [2.05, 4.69) is 28.0 Å². The molecule has 0 saturated heterocycles. The molecule has 0 fully saturated rings. The summed E-state index contributed by atoms with van der Waals surface area (Å²) < 4.78 is 31.8. The largest absolute Gasteiger partial charge is 0.375 e. The minimum Gasteiger partial charge on any atom is -0.375 e. The van der Waals surface area contributed by atoms with Crippen LogP contribution in [0.5, 0.6) is 0 Å². The van der Waals surface area contributed by atoms with Crippen molar-refractivity contribution in [1.29, 1.82) is 0 Å². The lowest BCUT2D eigenvalue weighted by Crippen LogP contribution is -2.12. The van der Waals surface area contributed by atoms with Crippen LogP contribution in [-0.4, -0.2) is 22.8 Å². The van der Waals surface area contributed by atoms with Crippen LogP contribution in [0.25, 0.3) is 0 Å². The molecule has 0 aromatic carbocycles. The van der Waals surface area contributed by atoms with Gasteiger partial charge in [0.15, 0.2) is 0 Å². The SMILES string of the molecule is CCCCOCc1c(Br)cnn1CC(F)F. The number of halogens is 3. The van der Waals surface area contributed by atoms with Crippen molar-refractivity contribution in [3.63, 3.8) is 0 Å². The maximum Gasteiger partial charge on any atom is 0.257 e. The van der Waals surface area contributed by atoms with Crippen molar-refractivity contribution in [2.45, 2.75) is 39.3 Å². The highest BCUT2D eigenvalue weighted by atomic mass is 79.9. The van der Waals surface area contributed by atoms with Gasteiger partial charge in [-0.2, -0.15) is 5.10 Å². The summed E-state index contributed by atoms with van der Waals surface area (Å²) in [5, 5.41) is 3.86. The van der Waals surface area contributed by atoms with E-state index in [4.69, 9.17) is 4.74 Å². The topological polar surface area (TPSA) is 27.1 Å². The van der Waals surface area contributed by atoms with E-state index in [1.54, 1.807) is 0 Å². The Hall–Kier alpha value is -0.490. The molecular formula is C10H15BrF2N2O. The predicted octanol–water partition coefficient (Wildman–Crippen LogP) is 3.23. The molecule has 92 valence electrons. The van der Waals surface area contributed by atoms with E-state index in [0.29, 0.717) is 23.4 Å². The molecule has 0 bridgehead atoms. The van der Waals surface area contributed by atoms with Crippen LogP contribution < -0.4 is 0 Å². The van der Waals surface area contributed by atoms with Crippen LogP contribution in [0.15, 0.2) is 10.7 Å². The van der Waals surface area contributed by atoms with Gasteiger partial charge >= 0.3 is 0 Å². The first-order chi connectivity index (χ1) is 7.65. The zero-order valence-corrected chi connectivity index (χ0v) is 10.7. The van der Waals surface area contributed by atoms with Gasteiger partial charge in [0.1, 0.15) is 6.54 Å². The Morgan fingerprint density at radius 2 is 2.31 bits per heavy atom. The van der Waals surface area contributed by atoms with Gasteiger partial charge < -0.3 is 4.74 Å². The van der Waals surface area contributed by atoms with E-state index in [0.717, 1.165) is 12.8 Å². The van der Waals surface area contributed by atoms with E-state index >= 15 is 0 Å². The van der Waals surface area contributed by atoms with Crippen molar-refractivity contribution >= 4 is 15.9 Å². The van der Waals surface area contributed by atoms with Gasteiger partial charge in [-0.15, -0.1) is 0 Å².